The van der Waals surface area contributed by atoms with Gasteiger partial charge in [0.25, 0.3) is 0 Å². The van der Waals surface area contributed by atoms with Crippen molar-refractivity contribution >= 4 is 23.4 Å². The monoisotopic (exact) mass is 296 g/mol. The van der Waals surface area contributed by atoms with Gasteiger partial charge in [-0.3, -0.25) is 4.79 Å². The lowest BCUT2D eigenvalue weighted by atomic mass is 9.83. The summed E-state index contributed by atoms with van der Waals surface area (Å²) in [7, 11) is 0. The van der Waals surface area contributed by atoms with Crippen LogP contribution in [0.15, 0.2) is 29.2 Å². The summed E-state index contributed by atoms with van der Waals surface area (Å²) in [5.74, 6) is -0.0533. The zero-order chi connectivity index (χ0) is 15.0. The zero-order valence-electron chi connectivity index (χ0n) is 12.2. The number of anilines is 1. The Morgan fingerprint density at radius 3 is 2.55 bits per heavy atom. The van der Waals surface area contributed by atoms with E-state index in [9.17, 15) is 9.90 Å². The molecule has 0 radical (unpaired) electrons. The van der Waals surface area contributed by atoms with E-state index in [2.05, 4.69) is 19.2 Å². The fourth-order valence-corrected chi connectivity index (χ4v) is 2.72. The molecule has 4 N–H and O–H groups in total. The van der Waals surface area contributed by atoms with Gasteiger partial charge in [0.2, 0.25) is 5.91 Å². The van der Waals surface area contributed by atoms with Crippen LogP contribution in [-0.2, 0) is 4.79 Å². The number of thioether (sulfide) groups is 1. The molecule has 0 aliphatic heterocycles. The Hall–Kier alpha value is -1.20. The lowest BCUT2D eigenvalue weighted by Crippen LogP contribution is -2.32. The van der Waals surface area contributed by atoms with Crippen molar-refractivity contribution in [3.63, 3.8) is 0 Å². The van der Waals surface area contributed by atoms with E-state index in [1.54, 1.807) is 0 Å². The van der Waals surface area contributed by atoms with E-state index in [1.165, 1.54) is 11.8 Å². The summed E-state index contributed by atoms with van der Waals surface area (Å²) in [5.41, 5.74) is 6.07. The fraction of sp³-hybridized carbons (Fsp3) is 0.533. The second-order valence-electron chi connectivity index (χ2n) is 4.97. The van der Waals surface area contributed by atoms with Gasteiger partial charge in [-0.2, -0.15) is 0 Å². The quantitative estimate of drug-likeness (QED) is 0.612. The molecular weight excluding hydrogens is 272 g/mol. The molecule has 0 aliphatic carbocycles. The Kier molecular flexibility index (Phi) is 6.88. The molecule has 5 heteroatoms. The molecule has 1 amide bonds. The molecule has 0 saturated carbocycles. The summed E-state index contributed by atoms with van der Waals surface area (Å²) in [6.07, 6.45) is 1.84. The lowest BCUT2D eigenvalue weighted by Gasteiger charge is -2.30. The first-order chi connectivity index (χ1) is 9.56. The first-order valence-electron chi connectivity index (χ1n) is 6.91. The van der Waals surface area contributed by atoms with Crippen LogP contribution < -0.4 is 11.1 Å². The molecular formula is C15H24N2O2S. The first kappa shape index (κ1) is 16.9. The molecule has 0 spiro atoms. The van der Waals surface area contributed by atoms with Crippen LogP contribution >= 0.6 is 11.8 Å². The molecule has 1 aromatic carbocycles. The number of aliphatic hydroxyl groups is 1. The fourth-order valence-electron chi connectivity index (χ4n) is 1.95. The van der Waals surface area contributed by atoms with E-state index >= 15 is 0 Å². The second-order valence-corrected chi connectivity index (χ2v) is 5.99. The summed E-state index contributed by atoms with van der Waals surface area (Å²) in [6.45, 7) is 5.07. The number of benzene rings is 1. The Labute approximate surface area is 125 Å². The number of para-hydroxylation sites is 1. The Balaban J connectivity index is 2.74. The molecule has 1 aromatic rings. The number of carbonyl (C=O) groups is 1. The summed E-state index contributed by atoms with van der Waals surface area (Å²) in [6, 6.07) is 7.84. The van der Waals surface area contributed by atoms with Crippen molar-refractivity contribution in [2.24, 2.45) is 11.1 Å². The van der Waals surface area contributed by atoms with Gasteiger partial charge in [0.05, 0.1) is 12.4 Å². The van der Waals surface area contributed by atoms with Crippen LogP contribution in [0.1, 0.15) is 26.7 Å². The maximum absolute atomic E-state index is 10.9. The molecule has 4 nitrogen and oxygen atoms in total. The molecule has 0 fully saturated rings. The van der Waals surface area contributed by atoms with E-state index in [0.29, 0.717) is 6.54 Å². The predicted molar refractivity (Wildman–Crippen MR) is 85.0 cm³/mol. The highest BCUT2D eigenvalue weighted by Crippen LogP contribution is 2.30. The molecule has 0 saturated heterocycles. The van der Waals surface area contributed by atoms with Crippen LogP contribution in [0.4, 0.5) is 5.69 Å². The molecule has 112 valence electrons. The number of aliphatic hydroxyl groups excluding tert-OH is 1. The summed E-state index contributed by atoms with van der Waals surface area (Å²) in [5, 5.41) is 13.0. The van der Waals surface area contributed by atoms with Crippen LogP contribution in [-0.4, -0.2) is 29.9 Å². The van der Waals surface area contributed by atoms with Crippen molar-refractivity contribution in [1.82, 2.24) is 0 Å². The van der Waals surface area contributed by atoms with Crippen LogP contribution in [0, 0.1) is 5.41 Å². The van der Waals surface area contributed by atoms with Gasteiger partial charge in [0.1, 0.15) is 0 Å². The Morgan fingerprint density at radius 1 is 1.35 bits per heavy atom. The van der Waals surface area contributed by atoms with Gasteiger partial charge >= 0.3 is 0 Å². The smallest absolute Gasteiger partial charge is 0.227 e. The SMILES string of the molecule is CCC(CC)(CO)CNc1ccccc1SCC(N)=O. The first-order valence-corrected chi connectivity index (χ1v) is 7.90. The van der Waals surface area contributed by atoms with Gasteiger partial charge in [-0.05, 0) is 25.0 Å². The molecule has 0 aliphatic rings. The van der Waals surface area contributed by atoms with E-state index in [1.807, 2.05) is 24.3 Å². The number of rotatable bonds is 9. The largest absolute Gasteiger partial charge is 0.396 e. The van der Waals surface area contributed by atoms with Crippen molar-refractivity contribution in [1.29, 1.82) is 0 Å². The second kappa shape index (κ2) is 8.17. The number of carbonyl (C=O) groups excluding carboxylic acids is 1. The minimum absolute atomic E-state index is 0.0958. The maximum atomic E-state index is 10.9. The number of hydrogen-bond donors (Lipinski definition) is 3. The standard InChI is InChI=1S/C15H24N2O2S/c1-3-15(4-2,11-18)10-17-12-7-5-6-8-13(12)20-9-14(16)19/h5-8,17-18H,3-4,9-11H2,1-2H3,(H2,16,19). The third-order valence-electron chi connectivity index (χ3n) is 3.75. The van der Waals surface area contributed by atoms with E-state index in [4.69, 9.17) is 5.73 Å². The number of hydrogen-bond acceptors (Lipinski definition) is 4. The predicted octanol–water partition coefficient (Wildman–Crippen LogP) is 2.47. The van der Waals surface area contributed by atoms with Crippen molar-refractivity contribution in [3.8, 4) is 0 Å². The lowest BCUT2D eigenvalue weighted by molar-refractivity contribution is -0.115. The molecule has 0 aromatic heterocycles. The third-order valence-corrected chi connectivity index (χ3v) is 4.84. The number of nitrogens with two attached hydrogens (primary N) is 1. The van der Waals surface area contributed by atoms with Crippen LogP contribution in [0.5, 0.6) is 0 Å². The summed E-state index contributed by atoms with van der Waals surface area (Å²) in [4.78, 5) is 11.9. The average Bonchev–Trinajstić information content (AvgIpc) is 2.48. The summed E-state index contributed by atoms with van der Waals surface area (Å²) < 4.78 is 0. The average molecular weight is 296 g/mol. The van der Waals surface area contributed by atoms with Crippen molar-refractivity contribution in [2.45, 2.75) is 31.6 Å². The van der Waals surface area contributed by atoms with E-state index in [-0.39, 0.29) is 23.7 Å². The number of primary amides is 1. The van der Waals surface area contributed by atoms with Crippen molar-refractivity contribution < 1.29 is 9.90 Å². The molecule has 0 bridgehead atoms. The maximum Gasteiger partial charge on any atom is 0.227 e. The Morgan fingerprint density at radius 2 is 2.00 bits per heavy atom. The van der Waals surface area contributed by atoms with Gasteiger partial charge in [-0.25, -0.2) is 0 Å². The van der Waals surface area contributed by atoms with Gasteiger partial charge in [-0.15, -0.1) is 11.8 Å². The summed E-state index contributed by atoms with van der Waals surface area (Å²) >= 11 is 1.43. The highest BCUT2D eigenvalue weighted by molar-refractivity contribution is 8.00. The molecule has 0 atom stereocenters. The third kappa shape index (κ3) is 4.72. The molecule has 0 unspecified atom stereocenters. The number of amides is 1. The van der Waals surface area contributed by atoms with Gasteiger partial charge in [0, 0.05) is 22.5 Å². The molecule has 20 heavy (non-hydrogen) atoms. The highest BCUT2D eigenvalue weighted by Gasteiger charge is 2.25. The van der Waals surface area contributed by atoms with Crippen molar-refractivity contribution in [3.05, 3.63) is 24.3 Å². The van der Waals surface area contributed by atoms with Crippen molar-refractivity contribution in [2.75, 3.05) is 24.2 Å². The van der Waals surface area contributed by atoms with Gasteiger partial charge in [-0.1, -0.05) is 26.0 Å². The van der Waals surface area contributed by atoms with Gasteiger partial charge < -0.3 is 16.2 Å². The minimum Gasteiger partial charge on any atom is -0.396 e. The van der Waals surface area contributed by atoms with Crippen LogP contribution in [0.25, 0.3) is 0 Å². The Bertz CT molecular complexity index is 425. The van der Waals surface area contributed by atoms with E-state index < -0.39 is 0 Å². The highest BCUT2D eigenvalue weighted by atomic mass is 32.2. The van der Waals surface area contributed by atoms with Crippen LogP contribution in [0.3, 0.4) is 0 Å². The van der Waals surface area contributed by atoms with Crippen LogP contribution in [0.2, 0.25) is 0 Å². The molecule has 0 heterocycles. The molecule has 1 rings (SSSR count). The topological polar surface area (TPSA) is 75.3 Å². The van der Waals surface area contributed by atoms with Gasteiger partial charge in [0.15, 0.2) is 0 Å². The zero-order valence-corrected chi connectivity index (χ0v) is 13.0. The number of nitrogens with one attached hydrogen (secondary N) is 1. The minimum atomic E-state index is -0.323. The normalized spacial score (nSPS) is 11.3. The van der Waals surface area contributed by atoms with E-state index in [0.717, 1.165) is 23.4 Å².